The molecule has 0 radical (unpaired) electrons. The maximum Gasteiger partial charge on any atom is 0.251 e. The fourth-order valence-electron chi connectivity index (χ4n) is 3.23. The van der Waals surface area contributed by atoms with E-state index in [1.807, 2.05) is 31.2 Å². The van der Waals surface area contributed by atoms with Gasteiger partial charge in [-0.2, -0.15) is 0 Å². The number of methoxy groups -OCH3 is 1. The Hall–Kier alpha value is -2.12. The van der Waals surface area contributed by atoms with E-state index in [-0.39, 0.29) is 5.91 Å². The first kappa shape index (κ1) is 22.2. The molecule has 0 aliphatic carbocycles. The molecule has 1 fully saturated rings. The van der Waals surface area contributed by atoms with Crippen LogP contribution in [0.3, 0.4) is 0 Å². The summed E-state index contributed by atoms with van der Waals surface area (Å²) in [6.45, 7) is 7.31. The molecule has 7 heteroatoms. The van der Waals surface area contributed by atoms with Gasteiger partial charge < -0.3 is 25.0 Å². The minimum absolute atomic E-state index is 0.0241. The summed E-state index contributed by atoms with van der Waals surface area (Å²) < 4.78 is 10.7. The SMILES string of the molecule is CCCNC(=O)c1cccc(CNC(=NC)N2CCC(COCCOC)C2)c1. The largest absolute Gasteiger partial charge is 0.382 e. The fourth-order valence-corrected chi connectivity index (χ4v) is 3.23. The van der Waals surface area contributed by atoms with E-state index in [1.54, 1.807) is 14.2 Å². The number of guanidine groups is 1. The van der Waals surface area contributed by atoms with E-state index in [4.69, 9.17) is 9.47 Å². The number of carbonyl (C=O) groups is 1. The lowest BCUT2D eigenvalue weighted by Crippen LogP contribution is -2.39. The molecule has 28 heavy (non-hydrogen) atoms. The second-order valence-electron chi connectivity index (χ2n) is 7.03. The van der Waals surface area contributed by atoms with Crippen LogP contribution in [0.2, 0.25) is 0 Å². The van der Waals surface area contributed by atoms with Crippen molar-refractivity contribution in [2.75, 3.05) is 53.6 Å². The Morgan fingerprint density at radius 1 is 1.32 bits per heavy atom. The van der Waals surface area contributed by atoms with Gasteiger partial charge in [0.25, 0.3) is 5.91 Å². The monoisotopic (exact) mass is 390 g/mol. The minimum atomic E-state index is -0.0241. The predicted octanol–water partition coefficient (Wildman–Crippen LogP) is 1.89. The van der Waals surface area contributed by atoms with Crippen LogP contribution in [-0.4, -0.2) is 70.4 Å². The van der Waals surface area contributed by atoms with E-state index in [1.165, 1.54) is 0 Å². The average Bonchev–Trinajstić information content (AvgIpc) is 3.19. The number of amides is 1. The van der Waals surface area contributed by atoms with Gasteiger partial charge in [0.2, 0.25) is 0 Å². The highest BCUT2D eigenvalue weighted by molar-refractivity contribution is 5.94. The van der Waals surface area contributed by atoms with Gasteiger partial charge in [-0.15, -0.1) is 0 Å². The Labute approximate surface area is 168 Å². The van der Waals surface area contributed by atoms with Crippen LogP contribution < -0.4 is 10.6 Å². The van der Waals surface area contributed by atoms with E-state index >= 15 is 0 Å². The second-order valence-corrected chi connectivity index (χ2v) is 7.03. The predicted molar refractivity (Wildman–Crippen MR) is 112 cm³/mol. The third-order valence-corrected chi connectivity index (χ3v) is 4.76. The molecule has 2 N–H and O–H groups in total. The third kappa shape index (κ3) is 7.13. The molecule has 1 aromatic carbocycles. The lowest BCUT2D eigenvalue weighted by Gasteiger charge is -2.22. The van der Waals surface area contributed by atoms with E-state index in [9.17, 15) is 4.79 Å². The van der Waals surface area contributed by atoms with Gasteiger partial charge in [0.05, 0.1) is 19.8 Å². The number of benzene rings is 1. The van der Waals surface area contributed by atoms with Crippen LogP contribution in [-0.2, 0) is 16.0 Å². The molecule has 1 unspecified atom stereocenters. The molecular weight excluding hydrogens is 356 g/mol. The van der Waals surface area contributed by atoms with Gasteiger partial charge in [0.15, 0.2) is 5.96 Å². The summed E-state index contributed by atoms with van der Waals surface area (Å²) in [6.07, 6.45) is 2.03. The number of aliphatic imine (C=N–C) groups is 1. The zero-order valence-electron chi connectivity index (χ0n) is 17.4. The maximum atomic E-state index is 12.1. The zero-order valence-corrected chi connectivity index (χ0v) is 17.4. The molecule has 2 rings (SSSR count). The standard InChI is InChI=1S/C21H34N4O3/c1-4-9-23-20(26)19-7-5-6-17(13-19)14-24-21(22-2)25-10-8-18(15-25)16-28-12-11-27-3/h5-7,13,18H,4,8-12,14-16H2,1-3H3,(H,22,24)(H,23,26). The molecule has 1 amide bonds. The lowest BCUT2D eigenvalue weighted by molar-refractivity contribution is 0.0536. The lowest BCUT2D eigenvalue weighted by atomic mass is 10.1. The highest BCUT2D eigenvalue weighted by Crippen LogP contribution is 2.17. The van der Waals surface area contributed by atoms with Gasteiger partial charge in [0.1, 0.15) is 0 Å². The smallest absolute Gasteiger partial charge is 0.251 e. The molecule has 0 aromatic heterocycles. The number of hydrogen-bond acceptors (Lipinski definition) is 4. The highest BCUT2D eigenvalue weighted by Gasteiger charge is 2.24. The molecule has 0 saturated carbocycles. The third-order valence-electron chi connectivity index (χ3n) is 4.76. The van der Waals surface area contributed by atoms with Crippen molar-refractivity contribution in [1.29, 1.82) is 0 Å². The van der Waals surface area contributed by atoms with Crippen LogP contribution in [0.4, 0.5) is 0 Å². The number of nitrogens with zero attached hydrogens (tertiary/aromatic N) is 2. The Balaban J connectivity index is 1.82. The summed E-state index contributed by atoms with van der Waals surface area (Å²) in [5.74, 6) is 1.38. The summed E-state index contributed by atoms with van der Waals surface area (Å²) in [6, 6.07) is 7.72. The molecule has 1 atom stereocenters. The van der Waals surface area contributed by atoms with Crippen molar-refractivity contribution in [3.05, 3.63) is 35.4 Å². The Morgan fingerprint density at radius 2 is 2.18 bits per heavy atom. The van der Waals surface area contributed by atoms with Crippen LogP contribution in [0.5, 0.6) is 0 Å². The topological polar surface area (TPSA) is 75.2 Å². The Kier molecular flexibility index (Phi) is 9.79. The van der Waals surface area contributed by atoms with E-state index in [0.29, 0.717) is 37.8 Å². The summed E-state index contributed by atoms with van der Waals surface area (Å²) in [4.78, 5) is 18.8. The van der Waals surface area contributed by atoms with Crippen molar-refractivity contribution >= 4 is 11.9 Å². The molecule has 156 valence electrons. The number of hydrogen-bond donors (Lipinski definition) is 2. The molecule has 0 bridgehead atoms. The van der Waals surface area contributed by atoms with Gasteiger partial charge >= 0.3 is 0 Å². The van der Waals surface area contributed by atoms with Gasteiger partial charge in [0, 0.05) is 51.8 Å². The quantitative estimate of drug-likeness (QED) is 0.363. The van der Waals surface area contributed by atoms with Crippen LogP contribution in [0.1, 0.15) is 35.7 Å². The fraction of sp³-hybridized carbons (Fsp3) is 0.619. The van der Waals surface area contributed by atoms with Crippen molar-refractivity contribution in [3.8, 4) is 0 Å². The van der Waals surface area contributed by atoms with Gasteiger partial charge in [-0.1, -0.05) is 19.1 Å². The van der Waals surface area contributed by atoms with Crippen LogP contribution >= 0.6 is 0 Å². The first-order valence-corrected chi connectivity index (χ1v) is 10.1. The zero-order chi connectivity index (χ0) is 20.2. The summed E-state index contributed by atoms with van der Waals surface area (Å²) in [5.41, 5.74) is 1.75. The number of likely N-dealkylation sites (tertiary alicyclic amines) is 1. The van der Waals surface area contributed by atoms with Crippen molar-refractivity contribution in [1.82, 2.24) is 15.5 Å². The van der Waals surface area contributed by atoms with Crippen LogP contribution in [0.15, 0.2) is 29.3 Å². The molecule has 1 aromatic rings. The minimum Gasteiger partial charge on any atom is -0.382 e. The number of rotatable bonds is 10. The Morgan fingerprint density at radius 3 is 2.93 bits per heavy atom. The van der Waals surface area contributed by atoms with Crippen LogP contribution in [0, 0.1) is 5.92 Å². The molecule has 1 saturated heterocycles. The average molecular weight is 391 g/mol. The van der Waals surface area contributed by atoms with E-state index in [2.05, 4.69) is 20.5 Å². The summed E-state index contributed by atoms with van der Waals surface area (Å²) >= 11 is 0. The first-order valence-electron chi connectivity index (χ1n) is 10.1. The maximum absolute atomic E-state index is 12.1. The normalized spacial score (nSPS) is 17.0. The van der Waals surface area contributed by atoms with E-state index < -0.39 is 0 Å². The van der Waals surface area contributed by atoms with Gasteiger partial charge in [-0.3, -0.25) is 9.79 Å². The number of nitrogens with one attached hydrogen (secondary N) is 2. The molecule has 1 aliphatic heterocycles. The number of ether oxygens (including phenoxy) is 2. The number of carbonyl (C=O) groups excluding carboxylic acids is 1. The first-order chi connectivity index (χ1) is 13.7. The van der Waals surface area contributed by atoms with Gasteiger partial charge in [-0.05, 0) is 30.5 Å². The molecule has 7 nitrogen and oxygen atoms in total. The second kappa shape index (κ2) is 12.4. The van der Waals surface area contributed by atoms with Gasteiger partial charge in [-0.25, -0.2) is 0 Å². The van der Waals surface area contributed by atoms with Crippen molar-refractivity contribution in [3.63, 3.8) is 0 Å². The molecule has 1 aliphatic rings. The summed E-state index contributed by atoms with van der Waals surface area (Å²) in [5, 5.41) is 6.33. The highest BCUT2D eigenvalue weighted by atomic mass is 16.5. The molecular formula is C21H34N4O3. The van der Waals surface area contributed by atoms with Crippen molar-refractivity contribution in [2.24, 2.45) is 10.9 Å². The summed E-state index contributed by atoms with van der Waals surface area (Å²) in [7, 11) is 3.49. The van der Waals surface area contributed by atoms with Crippen LogP contribution in [0.25, 0.3) is 0 Å². The van der Waals surface area contributed by atoms with Crippen molar-refractivity contribution in [2.45, 2.75) is 26.3 Å². The van der Waals surface area contributed by atoms with Crippen molar-refractivity contribution < 1.29 is 14.3 Å². The van der Waals surface area contributed by atoms with E-state index in [0.717, 1.165) is 44.1 Å². The Bertz CT molecular complexity index is 636. The molecule has 1 heterocycles. The molecule has 0 spiro atoms.